The van der Waals surface area contributed by atoms with Crippen molar-refractivity contribution in [1.29, 1.82) is 0 Å². The van der Waals surface area contributed by atoms with Gasteiger partial charge in [0.15, 0.2) is 11.5 Å². The fourth-order valence-corrected chi connectivity index (χ4v) is 5.22. The minimum Gasteiger partial charge on any atom is -0.495 e. The van der Waals surface area contributed by atoms with Crippen LogP contribution in [0.1, 0.15) is 37.2 Å². The zero-order valence-corrected chi connectivity index (χ0v) is 20.8. The number of anilines is 2. The summed E-state index contributed by atoms with van der Waals surface area (Å²) in [6.45, 7) is 6.15. The lowest BCUT2D eigenvalue weighted by atomic mass is 9.99. The van der Waals surface area contributed by atoms with Gasteiger partial charge in [0, 0.05) is 36.1 Å². The number of piperidine rings is 1. The molecular weight excluding hydrogens is 470 g/mol. The first-order chi connectivity index (χ1) is 16.8. The van der Waals surface area contributed by atoms with E-state index in [1.807, 2.05) is 12.1 Å². The molecule has 10 heteroatoms. The summed E-state index contributed by atoms with van der Waals surface area (Å²) in [5.74, 6) is 0.516. The topological polar surface area (TPSA) is 111 Å². The number of hydrogen-bond donors (Lipinski definition) is 1. The molecule has 1 aromatic heterocycles. The van der Waals surface area contributed by atoms with Crippen LogP contribution in [0, 0.1) is 5.92 Å². The molecule has 1 aliphatic heterocycles. The number of hydrogen-bond acceptors (Lipinski definition) is 8. The number of esters is 1. The average Bonchev–Trinajstić information content (AvgIpc) is 3.35. The monoisotopic (exact) mass is 499 g/mol. The molecule has 2 heterocycles. The van der Waals surface area contributed by atoms with Gasteiger partial charge in [0.25, 0.3) is 10.0 Å². The van der Waals surface area contributed by atoms with Crippen molar-refractivity contribution >= 4 is 27.4 Å². The molecule has 2 aromatic carbocycles. The Labute approximate surface area is 205 Å². The molecule has 0 saturated carbocycles. The molecule has 35 heavy (non-hydrogen) atoms. The van der Waals surface area contributed by atoms with Gasteiger partial charge in [0.2, 0.25) is 0 Å². The van der Waals surface area contributed by atoms with E-state index >= 15 is 0 Å². The summed E-state index contributed by atoms with van der Waals surface area (Å²) in [4.78, 5) is 14.1. The number of sulfonamides is 1. The Morgan fingerprint density at radius 2 is 1.86 bits per heavy atom. The van der Waals surface area contributed by atoms with Crippen molar-refractivity contribution in [1.82, 2.24) is 5.16 Å². The number of benzene rings is 2. The summed E-state index contributed by atoms with van der Waals surface area (Å²) in [5.41, 5.74) is 1.94. The predicted octanol–water partition coefficient (Wildman–Crippen LogP) is 4.56. The van der Waals surface area contributed by atoms with Crippen LogP contribution in [-0.2, 0) is 14.8 Å². The van der Waals surface area contributed by atoms with Gasteiger partial charge in [0.1, 0.15) is 10.6 Å². The standard InChI is InChI=1S/C25H29N3O6S/c1-4-33-25(29)21-16-23(34-26-21)18-5-10-22(32-3)24(15-18)35(30,31)27-19-6-8-20(9-7-19)28-13-11-17(2)12-14-28/h5-10,15-17,27H,4,11-14H2,1-3H3. The second-order valence-corrected chi connectivity index (χ2v) is 10.1. The number of methoxy groups -OCH3 is 1. The van der Waals surface area contributed by atoms with Crippen molar-refractivity contribution in [3.8, 4) is 17.1 Å². The number of ether oxygens (including phenoxy) is 2. The van der Waals surface area contributed by atoms with Crippen molar-refractivity contribution in [3.05, 3.63) is 54.2 Å². The lowest BCUT2D eigenvalue weighted by Gasteiger charge is -2.32. The summed E-state index contributed by atoms with van der Waals surface area (Å²) in [6, 6.07) is 13.3. The molecule has 1 aliphatic rings. The van der Waals surface area contributed by atoms with Gasteiger partial charge in [-0.25, -0.2) is 13.2 Å². The van der Waals surface area contributed by atoms with Gasteiger partial charge in [-0.1, -0.05) is 12.1 Å². The molecule has 1 N–H and O–H groups in total. The maximum Gasteiger partial charge on any atom is 0.360 e. The van der Waals surface area contributed by atoms with E-state index in [0.29, 0.717) is 11.3 Å². The Bertz CT molecular complexity index is 1280. The van der Waals surface area contributed by atoms with Crippen LogP contribution < -0.4 is 14.4 Å². The SMILES string of the molecule is CCOC(=O)c1cc(-c2ccc(OC)c(S(=O)(=O)Nc3ccc(N4CCC(C)CC4)cc3)c2)on1. The molecule has 0 bridgehead atoms. The fourth-order valence-electron chi connectivity index (χ4n) is 3.97. The van der Waals surface area contributed by atoms with E-state index in [0.717, 1.165) is 37.5 Å². The van der Waals surface area contributed by atoms with Crippen LogP contribution >= 0.6 is 0 Å². The zero-order chi connectivity index (χ0) is 25.0. The molecule has 0 amide bonds. The Hall–Kier alpha value is -3.53. The van der Waals surface area contributed by atoms with Gasteiger partial charge in [-0.15, -0.1) is 0 Å². The van der Waals surface area contributed by atoms with Crippen LogP contribution in [0.3, 0.4) is 0 Å². The molecule has 1 fully saturated rings. The number of carbonyl (C=O) groups is 1. The van der Waals surface area contributed by atoms with Crippen molar-refractivity contribution < 1.29 is 27.2 Å². The largest absolute Gasteiger partial charge is 0.495 e. The zero-order valence-electron chi connectivity index (χ0n) is 20.0. The van der Waals surface area contributed by atoms with Crippen LogP contribution in [0.2, 0.25) is 0 Å². The molecule has 3 aromatic rings. The molecule has 0 spiro atoms. The fraction of sp³-hybridized carbons (Fsp3) is 0.360. The molecule has 0 radical (unpaired) electrons. The minimum atomic E-state index is -3.99. The predicted molar refractivity (Wildman–Crippen MR) is 132 cm³/mol. The Kier molecular flexibility index (Phi) is 7.30. The van der Waals surface area contributed by atoms with E-state index in [1.165, 1.54) is 25.3 Å². The van der Waals surface area contributed by atoms with Crippen LogP contribution in [0.25, 0.3) is 11.3 Å². The maximum atomic E-state index is 13.3. The van der Waals surface area contributed by atoms with E-state index < -0.39 is 16.0 Å². The Morgan fingerprint density at radius 3 is 2.51 bits per heavy atom. The molecular formula is C25H29N3O6S. The van der Waals surface area contributed by atoms with E-state index in [1.54, 1.807) is 25.1 Å². The summed E-state index contributed by atoms with van der Waals surface area (Å²) in [5, 5.41) is 3.71. The van der Waals surface area contributed by atoms with E-state index in [4.69, 9.17) is 14.0 Å². The number of aromatic nitrogens is 1. The lowest BCUT2D eigenvalue weighted by molar-refractivity contribution is 0.0514. The van der Waals surface area contributed by atoms with Crippen LogP contribution in [0.4, 0.5) is 11.4 Å². The summed E-state index contributed by atoms with van der Waals surface area (Å²) in [6.07, 6.45) is 2.30. The summed E-state index contributed by atoms with van der Waals surface area (Å²) in [7, 11) is -2.59. The molecule has 0 unspecified atom stereocenters. The Balaban J connectivity index is 1.56. The van der Waals surface area contributed by atoms with Crippen molar-refractivity contribution in [2.24, 2.45) is 5.92 Å². The summed E-state index contributed by atoms with van der Waals surface area (Å²) < 4.78 is 44.6. The van der Waals surface area contributed by atoms with E-state index in [-0.39, 0.29) is 28.7 Å². The Morgan fingerprint density at radius 1 is 1.14 bits per heavy atom. The minimum absolute atomic E-state index is 0.00320. The highest BCUT2D eigenvalue weighted by atomic mass is 32.2. The third-order valence-corrected chi connectivity index (χ3v) is 7.40. The van der Waals surface area contributed by atoms with Gasteiger partial charge in [-0.3, -0.25) is 4.72 Å². The van der Waals surface area contributed by atoms with Crippen LogP contribution in [0.5, 0.6) is 5.75 Å². The van der Waals surface area contributed by atoms with Gasteiger partial charge < -0.3 is 18.9 Å². The third-order valence-electron chi connectivity index (χ3n) is 6.00. The van der Waals surface area contributed by atoms with Crippen molar-refractivity contribution in [2.45, 2.75) is 31.6 Å². The second kappa shape index (κ2) is 10.4. The van der Waals surface area contributed by atoms with Crippen molar-refractivity contribution in [2.75, 3.05) is 36.4 Å². The second-order valence-electron chi connectivity index (χ2n) is 8.48. The molecule has 1 saturated heterocycles. The number of nitrogens with one attached hydrogen (secondary N) is 1. The summed E-state index contributed by atoms with van der Waals surface area (Å²) >= 11 is 0. The molecule has 186 valence electrons. The van der Waals surface area contributed by atoms with E-state index in [2.05, 4.69) is 21.7 Å². The molecule has 9 nitrogen and oxygen atoms in total. The number of carbonyl (C=O) groups excluding carboxylic acids is 1. The van der Waals surface area contributed by atoms with Gasteiger partial charge >= 0.3 is 5.97 Å². The van der Waals surface area contributed by atoms with Gasteiger partial charge in [0.05, 0.1) is 13.7 Å². The normalized spacial score (nSPS) is 14.5. The number of nitrogens with zero attached hydrogens (tertiary/aromatic N) is 2. The molecule has 0 aliphatic carbocycles. The highest BCUT2D eigenvalue weighted by Gasteiger charge is 2.23. The maximum absolute atomic E-state index is 13.3. The van der Waals surface area contributed by atoms with Gasteiger partial charge in [-0.2, -0.15) is 0 Å². The quantitative estimate of drug-likeness (QED) is 0.449. The first-order valence-electron chi connectivity index (χ1n) is 11.5. The third kappa shape index (κ3) is 5.59. The van der Waals surface area contributed by atoms with Crippen molar-refractivity contribution in [3.63, 3.8) is 0 Å². The highest BCUT2D eigenvalue weighted by Crippen LogP contribution is 2.32. The molecule has 0 atom stereocenters. The van der Waals surface area contributed by atoms with Crippen LogP contribution in [0.15, 0.2) is 57.9 Å². The first kappa shape index (κ1) is 24.6. The average molecular weight is 500 g/mol. The van der Waals surface area contributed by atoms with E-state index in [9.17, 15) is 13.2 Å². The first-order valence-corrected chi connectivity index (χ1v) is 13.0. The smallest absolute Gasteiger partial charge is 0.360 e. The highest BCUT2D eigenvalue weighted by molar-refractivity contribution is 7.92. The van der Waals surface area contributed by atoms with Crippen LogP contribution in [-0.4, -0.2) is 46.3 Å². The lowest BCUT2D eigenvalue weighted by Crippen LogP contribution is -2.32. The van der Waals surface area contributed by atoms with Gasteiger partial charge in [-0.05, 0) is 68.1 Å². The molecule has 4 rings (SSSR count). The number of rotatable bonds is 8.